The summed E-state index contributed by atoms with van der Waals surface area (Å²) in [5.74, 6) is -0.0410. The van der Waals surface area contributed by atoms with Crippen molar-refractivity contribution in [2.24, 2.45) is 4.99 Å². The van der Waals surface area contributed by atoms with Gasteiger partial charge in [0.2, 0.25) is 0 Å². The second-order valence-electron chi connectivity index (χ2n) is 9.41. The number of amidine groups is 1. The highest BCUT2D eigenvalue weighted by atomic mass is 32.2. The van der Waals surface area contributed by atoms with Gasteiger partial charge in [-0.3, -0.25) is 9.69 Å². The molecule has 6 heteroatoms. The lowest BCUT2D eigenvalue weighted by molar-refractivity contribution is -0.122. The fourth-order valence-electron chi connectivity index (χ4n) is 4.90. The fraction of sp³-hybridized carbons (Fsp3) is 0.152. The number of aromatic nitrogens is 1. The van der Waals surface area contributed by atoms with Crippen LogP contribution in [0.25, 0.3) is 27.8 Å². The number of ether oxygens (including phenoxy) is 1. The molecule has 5 aromatic rings. The number of nitrogens with zero attached hydrogens (tertiary/aromatic N) is 3. The van der Waals surface area contributed by atoms with Crippen molar-refractivity contribution in [3.63, 3.8) is 0 Å². The highest BCUT2D eigenvalue weighted by Crippen LogP contribution is 2.35. The van der Waals surface area contributed by atoms with Crippen LogP contribution in [0.2, 0.25) is 0 Å². The summed E-state index contributed by atoms with van der Waals surface area (Å²) < 4.78 is 7.82. The molecule has 1 aliphatic heterocycles. The zero-order valence-corrected chi connectivity index (χ0v) is 22.6. The number of carbonyl (C=O) groups is 1. The van der Waals surface area contributed by atoms with Crippen LogP contribution in [0.15, 0.2) is 113 Å². The first kappa shape index (κ1) is 25.2. The van der Waals surface area contributed by atoms with Crippen LogP contribution in [0.3, 0.4) is 0 Å². The number of benzene rings is 4. The predicted octanol–water partition coefficient (Wildman–Crippen LogP) is 7.48. The van der Waals surface area contributed by atoms with Gasteiger partial charge in [0.05, 0.1) is 23.7 Å². The maximum absolute atomic E-state index is 13.6. The van der Waals surface area contributed by atoms with Crippen molar-refractivity contribution < 1.29 is 9.53 Å². The van der Waals surface area contributed by atoms with Gasteiger partial charge >= 0.3 is 0 Å². The van der Waals surface area contributed by atoms with Crippen LogP contribution in [0, 0.1) is 0 Å². The van der Waals surface area contributed by atoms with Gasteiger partial charge in [0.15, 0.2) is 5.17 Å². The minimum atomic E-state index is -0.0410. The van der Waals surface area contributed by atoms with Crippen LogP contribution in [0.1, 0.15) is 18.1 Å². The van der Waals surface area contributed by atoms with Gasteiger partial charge in [-0.2, -0.15) is 0 Å². The highest BCUT2D eigenvalue weighted by Gasteiger charge is 2.33. The van der Waals surface area contributed by atoms with E-state index in [1.165, 1.54) is 28.1 Å². The summed E-state index contributed by atoms with van der Waals surface area (Å²) >= 11 is 1.42. The van der Waals surface area contributed by atoms with E-state index in [0.29, 0.717) is 29.8 Å². The van der Waals surface area contributed by atoms with Gasteiger partial charge in [-0.25, -0.2) is 4.99 Å². The maximum atomic E-state index is 13.6. The third-order valence-corrected chi connectivity index (χ3v) is 7.81. The van der Waals surface area contributed by atoms with Crippen LogP contribution in [-0.2, 0) is 16.1 Å². The Morgan fingerprint density at radius 1 is 0.897 bits per heavy atom. The van der Waals surface area contributed by atoms with Gasteiger partial charge in [0.25, 0.3) is 5.91 Å². The lowest BCUT2D eigenvalue weighted by Crippen LogP contribution is -2.32. The summed E-state index contributed by atoms with van der Waals surface area (Å²) in [5, 5.41) is 4.27. The normalized spacial score (nSPS) is 15.8. The minimum absolute atomic E-state index is 0.0410. The average Bonchev–Trinajstić information content (AvgIpc) is 3.46. The van der Waals surface area contributed by atoms with Crippen LogP contribution in [0.5, 0.6) is 0 Å². The number of carbonyl (C=O) groups excluding carboxylic acids is 1. The molecule has 0 spiro atoms. The van der Waals surface area contributed by atoms with E-state index >= 15 is 0 Å². The van der Waals surface area contributed by atoms with Crippen molar-refractivity contribution in [1.82, 2.24) is 9.47 Å². The topological polar surface area (TPSA) is 46.8 Å². The summed E-state index contributed by atoms with van der Waals surface area (Å²) in [7, 11) is 0. The van der Waals surface area contributed by atoms with Crippen molar-refractivity contribution in [3.05, 3.63) is 119 Å². The smallest absolute Gasteiger partial charge is 0.266 e. The Kier molecular flexibility index (Phi) is 7.30. The van der Waals surface area contributed by atoms with Gasteiger partial charge in [-0.05, 0) is 65.4 Å². The van der Waals surface area contributed by atoms with E-state index < -0.39 is 0 Å². The van der Waals surface area contributed by atoms with Gasteiger partial charge in [0, 0.05) is 35.8 Å². The van der Waals surface area contributed by atoms with Crippen LogP contribution in [0.4, 0.5) is 5.69 Å². The molecule has 0 atom stereocenters. The van der Waals surface area contributed by atoms with Gasteiger partial charge < -0.3 is 9.30 Å². The number of thioether (sulfide) groups is 1. The molecule has 1 aromatic heterocycles. The molecule has 0 radical (unpaired) electrons. The van der Waals surface area contributed by atoms with Crippen molar-refractivity contribution in [2.75, 3.05) is 19.8 Å². The quantitative estimate of drug-likeness (QED) is 0.154. The SMILES string of the molecule is CCOCCN1C(=O)/C(=C/c2cn(Cc3ccc4ccccc4c3)c3ccccc23)SC1=Nc1ccccc1. The second kappa shape index (κ2) is 11.3. The summed E-state index contributed by atoms with van der Waals surface area (Å²) in [4.78, 5) is 20.7. The van der Waals surface area contributed by atoms with E-state index in [-0.39, 0.29) is 5.91 Å². The van der Waals surface area contributed by atoms with Crippen molar-refractivity contribution in [3.8, 4) is 0 Å². The predicted molar refractivity (Wildman–Crippen MR) is 162 cm³/mol. The molecule has 0 bridgehead atoms. The van der Waals surface area contributed by atoms with Gasteiger partial charge in [-0.1, -0.05) is 72.8 Å². The van der Waals surface area contributed by atoms with E-state index in [1.54, 1.807) is 4.90 Å². The first-order valence-corrected chi connectivity index (χ1v) is 14.0. The van der Waals surface area contributed by atoms with E-state index in [1.807, 2.05) is 49.4 Å². The number of amides is 1. The van der Waals surface area contributed by atoms with Crippen molar-refractivity contribution in [2.45, 2.75) is 13.5 Å². The Morgan fingerprint density at radius 2 is 1.67 bits per heavy atom. The number of aliphatic imine (C=N–C) groups is 1. The first-order valence-electron chi connectivity index (χ1n) is 13.2. The number of hydrogen-bond acceptors (Lipinski definition) is 4. The highest BCUT2D eigenvalue weighted by molar-refractivity contribution is 8.18. The summed E-state index contributed by atoms with van der Waals surface area (Å²) in [6.07, 6.45) is 4.16. The Hall–Kier alpha value is -4.13. The van der Waals surface area contributed by atoms with E-state index in [4.69, 9.17) is 9.73 Å². The van der Waals surface area contributed by atoms with E-state index in [2.05, 4.69) is 71.4 Å². The molecule has 4 aromatic carbocycles. The van der Waals surface area contributed by atoms with Crippen molar-refractivity contribution in [1.29, 1.82) is 0 Å². The molecular formula is C33H29N3O2S. The molecule has 0 N–H and O–H groups in total. The van der Waals surface area contributed by atoms with Crippen molar-refractivity contribution >= 4 is 56.3 Å². The number of para-hydroxylation sites is 2. The van der Waals surface area contributed by atoms with Crippen LogP contribution in [-0.4, -0.2) is 40.3 Å². The molecule has 6 rings (SSSR count). The Morgan fingerprint density at radius 3 is 2.51 bits per heavy atom. The molecule has 1 fully saturated rings. The first-order chi connectivity index (χ1) is 19.2. The molecule has 1 aliphatic rings. The number of rotatable bonds is 8. The second-order valence-corrected chi connectivity index (χ2v) is 10.4. The number of fused-ring (bicyclic) bond motifs is 2. The largest absolute Gasteiger partial charge is 0.380 e. The Bertz CT molecular complexity index is 1700. The lowest BCUT2D eigenvalue weighted by Gasteiger charge is -2.15. The lowest BCUT2D eigenvalue weighted by atomic mass is 10.1. The molecule has 1 saturated heterocycles. The average molecular weight is 532 g/mol. The molecule has 194 valence electrons. The Balaban J connectivity index is 1.35. The third kappa shape index (κ3) is 5.39. The van der Waals surface area contributed by atoms with Crippen LogP contribution >= 0.6 is 11.8 Å². The molecule has 39 heavy (non-hydrogen) atoms. The molecule has 1 amide bonds. The molecule has 0 unspecified atom stereocenters. The molecule has 0 saturated carbocycles. The fourth-order valence-corrected chi connectivity index (χ4v) is 5.91. The maximum Gasteiger partial charge on any atom is 0.266 e. The molecule has 5 nitrogen and oxygen atoms in total. The molecular weight excluding hydrogens is 502 g/mol. The summed E-state index contributed by atoms with van der Waals surface area (Å²) in [6, 6.07) is 33.2. The van der Waals surface area contributed by atoms with Gasteiger partial charge in [0.1, 0.15) is 0 Å². The minimum Gasteiger partial charge on any atom is -0.380 e. The molecule has 2 heterocycles. The summed E-state index contributed by atoms with van der Waals surface area (Å²) in [6.45, 7) is 4.25. The molecule has 0 aliphatic carbocycles. The van der Waals surface area contributed by atoms with E-state index in [0.717, 1.165) is 28.7 Å². The zero-order chi connectivity index (χ0) is 26.6. The summed E-state index contributed by atoms with van der Waals surface area (Å²) in [5.41, 5.74) is 4.22. The standard InChI is InChI=1S/C33H29N3O2S/c1-2-38-19-18-36-32(37)31(39-33(36)34-28-12-4-3-5-13-28)21-27-23-35(30-15-9-8-14-29(27)30)22-24-16-17-25-10-6-7-11-26(25)20-24/h3-17,20-21,23H,2,18-19,22H2,1H3/b31-21-,34-33?. The monoisotopic (exact) mass is 531 g/mol. The van der Waals surface area contributed by atoms with Gasteiger partial charge in [-0.15, -0.1) is 0 Å². The van der Waals surface area contributed by atoms with E-state index in [9.17, 15) is 4.79 Å². The van der Waals surface area contributed by atoms with Crippen LogP contribution < -0.4 is 0 Å². The number of hydrogen-bond donors (Lipinski definition) is 0. The Labute approximate surface area is 232 Å². The zero-order valence-electron chi connectivity index (χ0n) is 21.8. The third-order valence-electron chi connectivity index (χ3n) is 6.81.